The summed E-state index contributed by atoms with van der Waals surface area (Å²) in [5.41, 5.74) is 2.33. The van der Waals surface area contributed by atoms with Crippen LogP contribution in [0.3, 0.4) is 0 Å². The second kappa shape index (κ2) is 7.20. The van der Waals surface area contributed by atoms with E-state index in [2.05, 4.69) is 83.3 Å². The molecule has 1 unspecified atom stereocenters. The molecule has 1 N–H and O–H groups in total. The molecule has 0 fully saturated rings. The number of rotatable bonds is 5. The van der Waals surface area contributed by atoms with E-state index in [0.717, 1.165) is 32.1 Å². The van der Waals surface area contributed by atoms with E-state index in [0.29, 0.717) is 0 Å². The molecule has 0 bridgehead atoms. The first kappa shape index (κ1) is 16.2. The third-order valence-electron chi connectivity index (χ3n) is 3.08. The fourth-order valence-corrected chi connectivity index (χ4v) is 3.98. The van der Waals surface area contributed by atoms with E-state index in [1.165, 1.54) is 5.56 Å². The first-order valence-electron chi connectivity index (χ1n) is 6.40. The van der Waals surface area contributed by atoms with Crippen LogP contribution in [0.1, 0.15) is 30.6 Å². The predicted molar refractivity (Wildman–Crippen MR) is 92.9 cm³/mol. The van der Waals surface area contributed by atoms with Gasteiger partial charge in [0.15, 0.2) is 0 Å². The quantitative estimate of drug-likeness (QED) is 0.687. The zero-order valence-corrected chi connectivity index (χ0v) is 16.1. The van der Waals surface area contributed by atoms with Gasteiger partial charge in [-0.1, -0.05) is 44.8 Å². The summed E-state index contributed by atoms with van der Waals surface area (Å²) in [6, 6.07) is 6.35. The van der Waals surface area contributed by atoms with Crippen LogP contribution in [0, 0.1) is 0 Å². The molecule has 0 saturated carbocycles. The van der Waals surface area contributed by atoms with Gasteiger partial charge in [0.2, 0.25) is 0 Å². The SMILES string of the molecule is CCCNC(c1ccc(Br)cc1Br)c1c(Br)cnn1C. The third kappa shape index (κ3) is 3.53. The van der Waals surface area contributed by atoms with Crippen LogP contribution >= 0.6 is 47.8 Å². The molecule has 0 aliphatic rings. The summed E-state index contributed by atoms with van der Waals surface area (Å²) in [4.78, 5) is 0. The highest BCUT2D eigenvalue weighted by Crippen LogP contribution is 2.33. The molecule has 0 spiro atoms. The van der Waals surface area contributed by atoms with E-state index < -0.39 is 0 Å². The van der Waals surface area contributed by atoms with Gasteiger partial charge in [-0.3, -0.25) is 4.68 Å². The van der Waals surface area contributed by atoms with Crippen molar-refractivity contribution in [3.8, 4) is 0 Å². The summed E-state index contributed by atoms with van der Waals surface area (Å²) < 4.78 is 5.06. The first-order valence-corrected chi connectivity index (χ1v) is 8.78. The van der Waals surface area contributed by atoms with E-state index in [1.807, 2.05) is 17.9 Å². The molecule has 1 aromatic heterocycles. The molecule has 6 heteroatoms. The molecule has 0 amide bonds. The van der Waals surface area contributed by atoms with Crippen LogP contribution in [-0.4, -0.2) is 16.3 Å². The van der Waals surface area contributed by atoms with Crippen molar-refractivity contribution >= 4 is 47.8 Å². The maximum Gasteiger partial charge on any atom is 0.0770 e. The minimum absolute atomic E-state index is 0.0966. The third-order valence-corrected chi connectivity index (χ3v) is 4.87. The van der Waals surface area contributed by atoms with E-state index in [1.54, 1.807) is 0 Å². The van der Waals surface area contributed by atoms with Crippen LogP contribution in [0.15, 0.2) is 37.8 Å². The summed E-state index contributed by atoms with van der Waals surface area (Å²) in [6.45, 7) is 3.11. The standard InChI is InChI=1S/C14H16Br3N3/c1-3-6-18-13(14-12(17)8-19-20(14)2)10-5-4-9(15)7-11(10)16/h4-5,7-8,13,18H,3,6H2,1-2H3. The number of benzene rings is 1. The van der Waals surface area contributed by atoms with Gasteiger partial charge in [-0.15, -0.1) is 0 Å². The van der Waals surface area contributed by atoms with Gasteiger partial charge >= 0.3 is 0 Å². The topological polar surface area (TPSA) is 29.9 Å². The van der Waals surface area contributed by atoms with Crippen molar-refractivity contribution in [1.29, 1.82) is 0 Å². The smallest absolute Gasteiger partial charge is 0.0770 e. The Morgan fingerprint density at radius 3 is 2.55 bits per heavy atom. The molecule has 0 saturated heterocycles. The molecule has 1 aromatic carbocycles. The Bertz CT molecular complexity index is 576. The van der Waals surface area contributed by atoms with Gasteiger partial charge in [0.1, 0.15) is 0 Å². The normalized spacial score (nSPS) is 12.7. The molecule has 2 aromatic rings. The first-order chi connectivity index (χ1) is 9.54. The number of nitrogens with zero attached hydrogens (tertiary/aromatic N) is 2. The Hall–Kier alpha value is -0.170. The van der Waals surface area contributed by atoms with Gasteiger partial charge < -0.3 is 5.32 Å². The summed E-state index contributed by atoms with van der Waals surface area (Å²) in [7, 11) is 1.97. The molecular weight excluding hydrogens is 450 g/mol. The van der Waals surface area contributed by atoms with E-state index in [-0.39, 0.29) is 6.04 Å². The summed E-state index contributed by atoms with van der Waals surface area (Å²) in [6.07, 6.45) is 2.92. The number of aromatic nitrogens is 2. The molecule has 0 aliphatic carbocycles. The van der Waals surface area contributed by atoms with Crippen LogP contribution in [0.4, 0.5) is 0 Å². The van der Waals surface area contributed by atoms with Crippen LogP contribution < -0.4 is 5.32 Å². The van der Waals surface area contributed by atoms with Gasteiger partial charge in [-0.05, 0) is 46.6 Å². The van der Waals surface area contributed by atoms with Crippen molar-refractivity contribution in [2.75, 3.05) is 6.54 Å². The van der Waals surface area contributed by atoms with Crippen LogP contribution in [0.5, 0.6) is 0 Å². The van der Waals surface area contributed by atoms with Crippen LogP contribution in [0.25, 0.3) is 0 Å². The number of aryl methyl sites for hydroxylation is 1. The monoisotopic (exact) mass is 463 g/mol. The molecule has 2 rings (SSSR count). The number of nitrogens with one attached hydrogen (secondary N) is 1. The lowest BCUT2D eigenvalue weighted by molar-refractivity contribution is 0.550. The van der Waals surface area contributed by atoms with E-state index >= 15 is 0 Å². The Balaban J connectivity index is 2.47. The number of hydrogen-bond acceptors (Lipinski definition) is 2. The van der Waals surface area contributed by atoms with Crippen LogP contribution in [0.2, 0.25) is 0 Å². The average Bonchev–Trinajstić information content (AvgIpc) is 2.72. The van der Waals surface area contributed by atoms with Crippen molar-refractivity contribution in [3.63, 3.8) is 0 Å². The Kier molecular flexibility index (Phi) is 5.84. The molecular formula is C14H16Br3N3. The van der Waals surface area contributed by atoms with Gasteiger partial charge in [-0.2, -0.15) is 5.10 Å². The van der Waals surface area contributed by atoms with Crippen molar-refractivity contribution in [3.05, 3.63) is 49.1 Å². The van der Waals surface area contributed by atoms with Crippen molar-refractivity contribution < 1.29 is 0 Å². The molecule has 20 heavy (non-hydrogen) atoms. The molecule has 1 atom stereocenters. The zero-order chi connectivity index (χ0) is 14.7. The summed E-state index contributed by atoms with van der Waals surface area (Å²) >= 11 is 10.8. The highest BCUT2D eigenvalue weighted by atomic mass is 79.9. The van der Waals surface area contributed by atoms with E-state index in [9.17, 15) is 0 Å². The lowest BCUT2D eigenvalue weighted by Crippen LogP contribution is -2.26. The van der Waals surface area contributed by atoms with Crippen LogP contribution in [-0.2, 0) is 7.05 Å². The second-order valence-electron chi connectivity index (χ2n) is 4.55. The Labute approximate surface area is 144 Å². The van der Waals surface area contributed by atoms with E-state index in [4.69, 9.17) is 0 Å². The highest BCUT2D eigenvalue weighted by molar-refractivity contribution is 9.11. The van der Waals surface area contributed by atoms with Crippen molar-refractivity contribution in [2.24, 2.45) is 7.05 Å². The molecule has 3 nitrogen and oxygen atoms in total. The van der Waals surface area contributed by atoms with Gasteiger partial charge in [0.25, 0.3) is 0 Å². The Morgan fingerprint density at radius 2 is 2.00 bits per heavy atom. The van der Waals surface area contributed by atoms with Gasteiger partial charge in [0, 0.05) is 16.0 Å². The lowest BCUT2D eigenvalue weighted by atomic mass is 10.0. The number of hydrogen-bond donors (Lipinski definition) is 1. The molecule has 108 valence electrons. The number of halogens is 3. The summed E-state index contributed by atoms with van der Waals surface area (Å²) in [5.74, 6) is 0. The second-order valence-corrected chi connectivity index (χ2v) is 7.18. The fourth-order valence-electron chi connectivity index (χ4n) is 2.12. The zero-order valence-electron chi connectivity index (χ0n) is 11.3. The van der Waals surface area contributed by atoms with Crippen molar-refractivity contribution in [1.82, 2.24) is 15.1 Å². The molecule has 1 heterocycles. The maximum atomic E-state index is 4.32. The molecule has 0 radical (unpaired) electrons. The highest BCUT2D eigenvalue weighted by Gasteiger charge is 2.22. The summed E-state index contributed by atoms with van der Waals surface area (Å²) in [5, 5.41) is 7.92. The van der Waals surface area contributed by atoms with Crippen molar-refractivity contribution in [2.45, 2.75) is 19.4 Å². The lowest BCUT2D eigenvalue weighted by Gasteiger charge is -2.21. The maximum absolute atomic E-state index is 4.32. The van der Waals surface area contributed by atoms with Gasteiger partial charge in [0.05, 0.1) is 22.4 Å². The molecule has 0 aliphatic heterocycles. The predicted octanol–water partition coefficient (Wildman–Crippen LogP) is 4.80. The largest absolute Gasteiger partial charge is 0.305 e. The Morgan fingerprint density at radius 1 is 1.25 bits per heavy atom. The fraction of sp³-hybridized carbons (Fsp3) is 0.357. The average molecular weight is 466 g/mol. The minimum Gasteiger partial charge on any atom is -0.305 e. The van der Waals surface area contributed by atoms with Gasteiger partial charge in [-0.25, -0.2) is 0 Å². The minimum atomic E-state index is 0.0966.